The van der Waals surface area contributed by atoms with Gasteiger partial charge in [0.2, 0.25) is 0 Å². The van der Waals surface area contributed by atoms with Gasteiger partial charge >= 0.3 is 5.97 Å². The predicted octanol–water partition coefficient (Wildman–Crippen LogP) is 4.35. The highest BCUT2D eigenvalue weighted by atomic mass is 32.2. The maximum Gasteiger partial charge on any atom is 0.344 e. The summed E-state index contributed by atoms with van der Waals surface area (Å²) in [7, 11) is 0. The second kappa shape index (κ2) is 8.02. The maximum absolute atomic E-state index is 13.1. The quantitative estimate of drug-likeness (QED) is 0.509. The van der Waals surface area contributed by atoms with Crippen LogP contribution >= 0.6 is 23.5 Å². The number of carboxylic acid groups (broad SMARTS) is 1. The number of benzene rings is 2. The van der Waals surface area contributed by atoms with Crippen LogP contribution in [0.4, 0.5) is 0 Å². The monoisotopic (exact) mass is 398 g/mol. The van der Waals surface area contributed by atoms with E-state index in [4.69, 9.17) is 0 Å². The maximum atomic E-state index is 13.1. The van der Waals surface area contributed by atoms with Gasteiger partial charge in [-0.25, -0.2) is 9.78 Å². The van der Waals surface area contributed by atoms with Crippen LogP contribution in [-0.4, -0.2) is 33.1 Å². The lowest BCUT2D eigenvalue weighted by atomic mass is 10.1. The average Bonchev–Trinajstić information content (AvgIpc) is 2.67. The molecule has 7 heteroatoms. The van der Waals surface area contributed by atoms with Crippen molar-refractivity contribution in [1.82, 2.24) is 9.55 Å². The van der Waals surface area contributed by atoms with Crippen LogP contribution in [0.5, 0.6) is 0 Å². The van der Waals surface area contributed by atoms with E-state index in [2.05, 4.69) is 4.98 Å². The Hall–Kier alpha value is -2.51. The average molecular weight is 399 g/mol. The van der Waals surface area contributed by atoms with Crippen molar-refractivity contribution in [2.45, 2.75) is 16.8 Å². The Balaban J connectivity index is 2.36. The Kier molecular flexibility index (Phi) is 5.72. The summed E-state index contributed by atoms with van der Waals surface area (Å²) in [4.78, 5) is 30.4. The van der Waals surface area contributed by atoms with Crippen molar-refractivity contribution >= 4 is 29.5 Å². The van der Waals surface area contributed by atoms with Gasteiger partial charge in [0.25, 0.3) is 5.56 Å². The molecule has 138 valence electrons. The summed E-state index contributed by atoms with van der Waals surface area (Å²) >= 11 is 2.77. The van der Waals surface area contributed by atoms with Crippen molar-refractivity contribution in [3.8, 4) is 17.1 Å². The van der Waals surface area contributed by atoms with E-state index in [1.807, 2.05) is 49.6 Å². The van der Waals surface area contributed by atoms with Crippen LogP contribution in [0.1, 0.15) is 15.9 Å². The van der Waals surface area contributed by atoms with Gasteiger partial charge in [-0.05, 0) is 43.7 Å². The first kappa shape index (κ1) is 19.3. The summed E-state index contributed by atoms with van der Waals surface area (Å²) in [5.41, 5.74) is 1.47. The molecule has 0 aliphatic carbocycles. The largest absolute Gasteiger partial charge is 0.477 e. The van der Waals surface area contributed by atoms with Gasteiger partial charge in [-0.2, -0.15) is 0 Å². The van der Waals surface area contributed by atoms with Gasteiger partial charge in [0.05, 0.1) is 5.69 Å². The molecule has 0 unspecified atom stereocenters. The molecule has 3 rings (SSSR count). The number of aromatic carboxylic acids is 1. The van der Waals surface area contributed by atoms with E-state index in [9.17, 15) is 14.7 Å². The molecule has 0 bridgehead atoms. The number of hydrogen-bond donors (Lipinski definition) is 1. The molecular formula is C20H18N2O3S2. The fraction of sp³-hybridized carbons (Fsp3) is 0.150. The minimum Gasteiger partial charge on any atom is -0.477 e. The number of carboxylic acids is 1. The molecule has 1 N–H and O–H groups in total. The molecule has 3 aromatic rings. The zero-order valence-corrected chi connectivity index (χ0v) is 16.7. The molecule has 0 amide bonds. The molecule has 0 aliphatic rings. The SMILES string of the molecule is CSc1ccc(-c2nc(SC)c(C(=O)O)c(=O)n2-c2ccc(C)cc2)cc1. The fourth-order valence-electron chi connectivity index (χ4n) is 2.70. The normalized spacial score (nSPS) is 10.8. The summed E-state index contributed by atoms with van der Waals surface area (Å²) in [5, 5.41) is 9.76. The Morgan fingerprint density at radius 2 is 1.63 bits per heavy atom. The van der Waals surface area contributed by atoms with Crippen molar-refractivity contribution in [1.29, 1.82) is 0 Å². The molecule has 0 spiro atoms. The summed E-state index contributed by atoms with van der Waals surface area (Å²) in [6.07, 6.45) is 3.70. The van der Waals surface area contributed by atoms with E-state index in [1.165, 1.54) is 4.57 Å². The van der Waals surface area contributed by atoms with E-state index < -0.39 is 11.5 Å². The third-order valence-corrected chi connectivity index (χ3v) is 5.52. The molecular weight excluding hydrogens is 380 g/mol. The Labute approximate surface area is 165 Å². The first-order valence-electron chi connectivity index (χ1n) is 8.12. The molecule has 0 atom stereocenters. The molecule has 5 nitrogen and oxygen atoms in total. The number of carbonyl (C=O) groups is 1. The topological polar surface area (TPSA) is 72.2 Å². The van der Waals surface area contributed by atoms with Gasteiger partial charge in [-0.3, -0.25) is 9.36 Å². The highest BCUT2D eigenvalue weighted by molar-refractivity contribution is 7.98. The number of aromatic nitrogens is 2. The first-order valence-corrected chi connectivity index (χ1v) is 10.6. The third-order valence-electron chi connectivity index (χ3n) is 4.10. The molecule has 2 aromatic carbocycles. The molecule has 1 heterocycles. The van der Waals surface area contributed by atoms with Gasteiger partial charge in [-0.15, -0.1) is 23.5 Å². The Bertz CT molecular complexity index is 1040. The number of rotatable bonds is 5. The van der Waals surface area contributed by atoms with Crippen molar-refractivity contribution in [3.63, 3.8) is 0 Å². The molecule has 0 saturated carbocycles. The van der Waals surface area contributed by atoms with Gasteiger partial charge in [0.15, 0.2) is 5.56 Å². The van der Waals surface area contributed by atoms with Gasteiger partial charge in [0, 0.05) is 10.5 Å². The predicted molar refractivity (Wildman–Crippen MR) is 111 cm³/mol. The van der Waals surface area contributed by atoms with Crippen LogP contribution in [0.2, 0.25) is 0 Å². The van der Waals surface area contributed by atoms with Crippen molar-refractivity contribution in [3.05, 3.63) is 70.0 Å². The lowest BCUT2D eigenvalue weighted by molar-refractivity contribution is 0.0689. The zero-order valence-electron chi connectivity index (χ0n) is 15.1. The minimum absolute atomic E-state index is 0.208. The number of nitrogens with zero attached hydrogens (tertiary/aromatic N) is 2. The lowest BCUT2D eigenvalue weighted by Crippen LogP contribution is -2.29. The van der Waals surface area contributed by atoms with Crippen LogP contribution in [-0.2, 0) is 0 Å². The molecule has 0 radical (unpaired) electrons. The second-order valence-corrected chi connectivity index (χ2v) is 7.50. The lowest BCUT2D eigenvalue weighted by Gasteiger charge is -2.15. The van der Waals surface area contributed by atoms with E-state index in [0.29, 0.717) is 11.5 Å². The van der Waals surface area contributed by atoms with Crippen molar-refractivity contribution in [2.75, 3.05) is 12.5 Å². The summed E-state index contributed by atoms with van der Waals surface area (Å²) in [6.45, 7) is 1.95. The van der Waals surface area contributed by atoms with Crippen molar-refractivity contribution < 1.29 is 9.90 Å². The Morgan fingerprint density at radius 1 is 1.00 bits per heavy atom. The Morgan fingerprint density at radius 3 is 2.15 bits per heavy atom. The standard InChI is InChI=1S/C20H18N2O3S2/c1-12-4-8-14(9-5-12)22-17(13-6-10-15(26-2)11-7-13)21-18(27-3)16(19(22)23)20(24)25/h4-11H,1-3H3,(H,24,25). The van der Waals surface area contributed by atoms with Gasteiger partial charge < -0.3 is 5.11 Å². The van der Waals surface area contributed by atoms with Gasteiger partial charge in [0.1, 0.15) is 10.9 Å². The van der Waals surface area contributed by atoms with E-state index in [-0.39, 0.29) is 10.6 Å². The van der Waals surface area contributed by atoms with E-state index in [1.54, 1.807) is 30.2 Å². The van der Waals surface area contributed by atoms with Gasteiger partial charge in [-0.1, -0.05) is 29.8 Å². The smallest absolute Gasteiger partial charge is 0.344 e. The van der Waals surface area contributed by atoms with Crippen LogP contribution < -0.4 is 5.56 Å². The summed E-state index contributed by atoms with van der Waals surface area (Å²) in [6, 6.07) is 15.0. The van der Waals surface area contributed by atoms with Crippen LogP contribution in [0.25, 0.3) is 17.1 Å². The molecule has 0 fully saturated rings. The summed E-state index contributed by atoms with van der Waals surface area (Å²) < 4.78 is 1.37. The number of thioether (sulfide) groups is 2. The van der Waals surface area contributed by atoms with E-state index >= 15 is 0 Å². The van der Waals surface area contributed by atoms with Crippen molar-refractivity contribution in [2.24, 2.45) is 0 Å². The van der Waals surface area contributed by atoms with Crippen LogP contribution in [0.15, 0.2) is 63.2 Å². The minimum atomic E-state index is -1.28. The number of aryl methyl sites for hydroxylation is 1. The zero-order chi connectivity index (χ0) is 19.6. The third kappa shape index (κ3) is 3.79. The molecule has 27 heavy (non-hydrogen) atoms. The van der Waals surface area contributed by atoms with E-state index in [0.717, 1.165) is 27.8 Å². The molecule has 0 aliphatic heterocycles. The fourth-order valence-corrected chi connectivity index (χ4v) is 3.66. The highest BCUT2D eigenvalue weighted by Gasteiger charge is 2.23. The van der Waals surface area contributed by atoms with Crippen LogP contribution in [0, 0.1) is 6.92 Å². The highest BCUT2D eigenvalue weighted by Crippen LogP contribution is 2.26. The molecule has 1 aromatic heterocycles. The number of hydrogen-bond acceptors (Lipinski definition) is 5. The first-order chi connectivity index (χ1) is 13.0. The summed E-state index contributed by atoms with van der Waals surface area (Å²) in [5.74, 6) is -0.854. The molecule has 0 saturated heterocycles. The second-order valence-electron chi connectivity index (χ2n) is 5.83. The van der Waals surface area contributed by atoms with Crippen LogP contribution in [0.3, 0.4) is 0 Å².